The first-order valence-corrected chi connectivity index (χ1v) is 9.47. The van der Waals surface area contributed by atoms with Crippen molar-refractivity contribution < 1.29 is 8.42 Å². The summed E-state index contributed by atoms with van der Waals surface area (Å²) in [6, 6.07) is 17.2. The Balaban J connectivity index is 1.74. The van der Waals surface area contributed by atoms with Gasteiger partial charge in [-0.3, -0.25) is 0 Å². The molecule has 1 N–H and O–H groups in total. The summed E-state index contributed by atoms with van der Waals surface area (Å²) in [7, 11) is -3.23. The summed E-state index contributed by atoms with van der Waals surface area (Å²) in [5, 5.41) is 7.75. The molecule has 1 heterocycles. The molecule has 0 saturated heterocycles. The molecule has 24 heavy (non-hydrogen) atoms. The monoisotopic (exact) mass is 341 g/mol. The Bertz CT molecular complexity index is 947. The molecule has 0 aliphatic carbocycles. The van der Waals surface area contributed by atoms with Crippen LogP contribution in [0.25, 0.3) is 5.69 Å². The van der Waals surface area contributed by atoms with Gasteiger partial charge < -0.3 is 5.32 Å². The number of sulfone groups is 1. The highest BCUT2D eigenvalue weighted by atomic mass is 32.2. The Morgan fingerprint density at radius 1 is 1.08 bits per heavy atom. The van der Waals surface area contributed by atoms with E-state index in [-0.39, 0.29) is 0 Å². The van der Waals surface area contributed by atoms with E-state index in [1.54, 1.807) is 19.1 Å². The van der Waals surface area contributed by atoms with E-state index < -0.39 is 9.84 Å². The van der Waals surface area contributed by atoms with Crippen LogP contribution in [0.15, 0.2) is 65.7 Å². The largest absolute Gasteiger partial charge is 0.379 e. The summed E-state index contributed by atoms with van der Waals surface area (Å²) in [6.45, 7) is 2.31. The number of aryl methyl sites for hydroxylation is 1. The minimum absolute atomic E-state index is 0.349. The molecule has 3 rings (SSSR count). The summed E-state index contributed by atoms with van der Waals surface area (Å²) >= 11 is 0. The van der Waals surface area contributed by atoms with Crippen LogP contribution in [0.5, 0.6) is 0 Å². The van der Waals surface area contributed by atoms with Gasteiger partial charge in [-0.15, -0.1) is 0 Å². The molecule has 0 bridgehead atoms. The zero-order valence-electron chi connectivity index (χ0n) is 13.6. The van der Waals surface area contributed by atoms with Gasteiger partial charge in [0.1, 0.15) is 0 Å². The molecule has 0 saturated carbocycles. The number of rotatable bonds is 5. The van der Waals surface area contributed by atoms with Crippen LogP contribution in [-0.4, -0.2) is 24.5 Å². The van der Waals surface area contributed by atoms with Gasteiger partial charge in [-0.05, 0) is 42.8 Å². The first kappa shape index (κ1) is 16.3. The maximum atomic E-state index is 11.8. The molecule has 0 aliphatic heterocycles. The summed E-state index contributed by atoms with van der Waals surface area (Å²) in [5.41, 5.74) is 3.38. The second kappa shape index (κ2) is 6.49. The van der Waals surface area contributed by atoms with Crippen molar-refractivity contribution in [1.29, 1.82) is 0 Å². The van der Waals surface area contributed by atoms with Crippen molar-refractivity contribution in [1.82, 2.24) is 9.78 Å². The number of benzene rings is 2. The number of hydrogen-bond acceptors (Lipinski definition) is 4. The number of nitrogens with zero attached hydrogens (tertiary/aromatic N) is 2. The van der Waals surface area contributed by atoms with E-state index in [1.807, 2.05) is 53.3 Å². The van der Waals surface area contributed by atoms with E-state index in [1.165, 1.54) is 6.26 Å². The van der Waals surface area contributed by atoms with Crippen LogP contribution < -0.4 is 5.32 Å². The van der Waals surface area contributed by atoms with Gasteiger partial charge >= 0.3 is 0 Å². The van der Waals surface area contributed by atoms with Crippen LogP contribution in [-0.2, 0) is 16.4 Å². The lowest BCUT2D eigenvalue weighted by atomic mass is 10.2. The zero-order chi connectivity index (χ0) is 17.2. The highest BCUT2D eigenvalue weighted by Gasteiger charge is 2.11. The van der Waals surface area contributed by atoms with E-state index in [0.29, 0.717) is 11.4 Å². The first-order chi connectivity index (χ1) is 11.4. The summed E-state index contributed by atoms with van der Waals surface area (Å²) in [6.07, 6.45) is 3.13. The van der Waals surface area contributed by atoms with Crippen molar-refractivity contribution in [2.75, 3.05) is 11.6 Å². The average Bonchev–Trinajstić information content (AvgIpc) is 3.03. The molecule has 0 aliphatic rings. The lowest BCUT2D eigenvalue weighted by Gasteiger charge is -2.09. The van der Waals surface area contributed by atoms with Crippen LogP contribution in [0.3, 0.4) is 0 Å². The topological polar surface area (TPSA) is 64.0 Å². The quantitative estimate of drug-likeness (QED) is 0.774. The fraction of sp³-hybridized carbons (Fsp3) is 0.167. The van der Waals surface area contributed by atoms with Gasteiger partial charge in [-0.1, -0.05) is 24.3 Å². The summed E-state index contributed by atoms with van der Waals surface area (Å²) < 4.78 is 25.4. The zero-order valence-corrected chi connectivity index (χ0v) is 14.4. The predicted octanol–water partition coefficient (Wildman–Crippen LogP) is 3.20. The molecule has 0 radical (unpaired) electrons. The van der Waals surface area contributed by atoms with Crippen molar-refractivity contribution in [2.24, 2.45) is 0 Å². The third-order valence-electron chi connectivity index (χ3n) is 3.73. The highest BCUT2D eigenvalue weighted by Crippen LogP contribution is 2.20. The number of para-hydroxylation sites is 1. The fourth-order valence-electron chi connectivity index (χ4n) is 2.48. The van der Waals surface area contributed by atoms with Gasteiger partial charge in [0.05, 0.1) is 22.8 Å². The molecule has 0 spiro atoms. The Labute approximate surface area is 141 Å². The number of aromatic nitrogens is 2. The van der Waals surface area contributed by atoms with E-state index >= 15 is 0 Å². The highest BCUT2D eigenvalue weighted by molar-refractivity contribution is 7.90. The molecule has 2 aromatic carbocycles. The Hall–Kier alpha value is -2.60. The van der Waals surface area contributed by atoms with E-state index in [2.05, 4.69) is 10.4 Å². The van der Waals surface area contributed by atoms with Crippen LogP contribution in [0.4, 0.5) is 5.69 Å². The minimum atomic E-state index is -3.23. The second-order valence-corrected chi connectivity index (χ2v) is 7.68. The van der Waals surface area contributed by atoms with E-state index in [9.17, 15) is 8.42 Å². The molecule has 0 unspecified atom stereocenters. The van der Waals surface area contributed by atoms with Crippen LogP contribution in [0.2, 0.25) is 0 Å². The van der Waals surface area contributed by atoms with Crippen molar-refractivity contribution in [3.8, 4) is 5.69 Å². The molecule has 6 heteroatoms. The molecule has 0 atom stereocenters. The van der Waals surface area contributed by atoms with Gasteiger partial charge in [-0.25, -0.2) is 13.1 Å². The minimum Gasteiger partial charge on any atom is -0.379 e. The van der Waals surface area contributed by atoms with Crippen molar-refractivity contribution in [2.45, 2.75) is 18.4 Å². The number of nitrogens with one attached hydrogen (secondary N) is 1. The maximum absolute atomic E-state index is 11.8. The third-order valence-corrected chi connectivity index (χ3v) is 4.97. The lowest BCUT2D eigenvalue weighted by molar-refractivity contribution is 0.601. The second-order valence-electron chi connectivity index (χ2n) is 5.69. The van der Waals surface area contributed by atoms with Crippen LogP contribution in [0, 0.1) is 6.92 Å². The molecular formula is C18H19N3O2S. The molecular weight excluding hydrogens is 322 g/mol. The van der Waals surface area contributed by atoms with Crippen LogP contribution >= 0.6 is 0 Å². The van der Waals surface area contributed by atoms with E-state index in [0.717, 1.165) is 22.6 Å². The lowest BCUT2D eigenvalue weighted by Crippen LogP contribution is -2.05. The van der Waals surface area contributed by atoms with Crippen LogP contribution in [0.1, 0.15) is 11.3 Å². The number of hydrogen-bond donors (Lipinski definition) is 1. The average molecular weight is 341 g/mol. The van der Waals surface area contributed by atoms with Crippen molar-refractivity contribution in [3.63, 3.8) is 0 Å². The summed E-state index contributed by atoms with van der Waals surface area (Å²) in [4.78, 5) is 0.349. The standard InChI is InChI=1S/C18H19N3O2S/c1-14-8-9-15(12-18(14)24(2,22)23)19-13-16-10-11-21(20-16)17-6-4-3-5-7-17/h3-12,19H,13H2,1-2H3. The third kappa shape index (κ3) is 3.65. The Kier molecular flexibility index (Phi) is 4.40. The Morgan fingerprint density at radius 2 is 1.83 bits per heavy atom. The van der Waals surface area contributed by atoms with Gasteiger partial charge in [-0.2, -0.15) is 5.10 Å². The smallest absolute Gasteiger partial charge is 0.175 e. The molecule has 5 nitrogen and oxygen atoms in total. The van der Waals surface area contributed by atoms with Crippen molar-refractivity contribution >= 4 is 15.5 Å². The van der Waals surface area contributed by atoms with Crippen molar-refractivity contribution in [3.05, 3.63) is 72.1 Å². The van der Waals surface area contributed by atoms with E-state index in [4.69, 9.17) is 0 Å². The summed E-state index contributed by atoms with van der Waals surface area (Å²) in [5.74, 6) is 0. The molecule has 1 aromatic heterocycles. The number of anilines is 1. The molecule has 3 aromatic rings. The Morgan fingerprint density at radius 3 is 2.54 bits per heavy atom. The SMILES string of the molecule is Cc1ccc(NCc2ccn(-c3ccccc3)n2)cc1S(C)(=O)=O. The maximum Gasteiger partial charge on any atom is 0.175 e. The fourth-order valence-corrected chi connectivity index (χ4v) is 3.48. The van der Waals surface area contributed by atoms with Gasteiger partial charge in [0, 0.05) is 18.1 Å². The van der Waals surface area contributed by atoms with Gasteiger partial charge in [0.25, 0.3) is 0 Å². The molecule has 0 amide bonds. The predicted molar refractivity (Wildman–Crippen MR) is 95.2 cm³/mol. The molecule has 124 valence electrons. The van der Waals surface area contributed by atoms with Gasteiger partial charge in [0.2, 0.25) is 0 Å². The normalized spacial score (nSPS) is 11.4. The van der Waals surface area contributed by atoms with Gasteiger partial charge in [0.15, 0.2) is 9.84 Å². The molecule has 0 fully saturated rings. The first-order valence-electron chi connectivity index (χ1n) is 7.58.